The third-order valence-corrected chi connectivity index (χ3v) is 8.68. The highest BCUT2D eigenvalue weighted by molar-refractivity contribution is 7.90. The van der Waals surface area contributed by atoms with E-state index in [9.17, 15) is 18.3 Å². The normalized spacial score (nSPS) is 12.6. The van der Waals surface area contributed by atoms with Crippen molar-refractivity contribution in [2.45, 2.75) is 38.0 Å². The van der Waals surface area contributed by atoms with Crippen LogP contribution in [0.25, 0.3) is 10.9 Å². The molecule has 0 aliphatic carbocycles. The molecule has 1 atom stereocenters. The monoisotopic (exact) mass is 593 g/mol. The van der Waals surface area contributed by atoms with E-state index in [1.807, 2.05) is 26.0 Å². The molecular weight excluding hydrogens is 565 g/mol. The van der Waals surface area contributed by atoms with Gasteiger partial charge in [0, 0.05) is 35.1 Å². The Morgan fingerprint density at radius 2 is 1.82 bits per heavy atom. The van der Waals surface area contributed by atoms with Crippen LogP contribution in [-0.4, -0.2) is 42.7 Å². The number of aromatic nitrogens is 2. The summed E-state index contributed by atoms with van der Waals surface area (Å²) < 4.78 is 40.4. The second-order valence-electron chi connectivity index (χ2n) is 9.17. The summed E-state index contributed by atoms with van der Waals surface area (Å²) in [5, 5.41) is 11.7. The minimum atomic E-state index is -4.28. The average Bonchev–Trinajstić information content (AvgIpc) is 3.45. The summed E-state index contributed by atoms with van der Waals surface area (Å²) in [6.07, 6.45) is -0.327. The van der Waals surface area contributed by atoms with Crippen molar-refractivity contribution < 1.29 is 27.8 Å². The van der Waals surface area contributed by atoms with Gasteiger partial charge in [0.2, 0.25) is 0 Å². The summed E-state index contributed by atoms with van der Waals surface area (Å²) in [7, 11) is -1.53. The Hall–Kier alpha value is -3.02. The zero-order chi connectivity index (χ0) is 28.5. The fraction of sp³-hybridized carbons (Fsp3) is 0.296. The van der Waals surface area contributed by atoms with E-state index in [1.54, 1.807) is 18.2 Å². The fourth-order valence-electron chi connectivity index (χ4n) is 4.48. The summed E-state index contributed by atoms with van der Waals surface area (Å²) in [4.78, 5) is 16.3. The number of amides is 1. The zero-order valence-electron chi connectivity index (χ0n) is 21.8. The number of aryl methyl sites for hydroxylation is 3. The number of aliphatic hydroxyl groups is 1. The van der Waals surface area contributed by atoms with Gasteiger partial charge in [0.25, 0.3) is 15.9 Å². The Morgan fingerprint density at radius 3 is 2.49 bits per heavy atom. The molecule has 3 N–H and O–H groups in total. The minimum absolute atomic E-state index is 0.111. The number of fused-ring (bicyclic) bond motifs is 1. The number of hydrogen-bond acceptors (Lipinski definition) is 6. The van der Waals surface area contributed by atoms with E-state index in [0.717, 1.165) is 16.5 Å². The van der Waals surface area contributed by atoms with E-state index in [0.29, 0.717) is 46.3 Å². The molecule has 0 spiro atoms. The molecule has 0 saturated carbocycles. The Kier molecular flexibility index (Phi) is 8.63. The minimum Gasteiger partial charge on any atom is -0.494 e. The number of halogens is 2. The van der Waals surface area contributed by atoms with Gasteiger partial charge in [0.1, 0.15) is 11.4 Å². The van der Waals surface area contributed by atoms with Crippen LogP contribution in [0.2, 0.25) is 10.0 Å². The highest BCUT2D eigenvalue weighted by Gasteiger charge is 2.27. The molecule has 0 fully saturated rings. The topological polar surface area (TPSA) is 123 Å². The molecule has 1 amide bonds. The van der Waals surface area contributed by atoms with Gasteiger partial charge in [-0.3, -0.25) is 4.79 Å². The molecule has 0 aliphatic rings. The summed E-state index contributed by atoms with van der Waals surface area (Å²) in [6.45, 7) is 4.19. The number of H-pyrrole nitrogens is 1. The maximum Gasteiger partial charge on any atom is 0.281 e. The fourth-order valence-corrected chi connectivity index (χ4v) is 5.93. The molecule has 12 heteroatoms. The lowest BCUT2D eigenvalue weighted by molar-refractivity contribution is -0.0818. The van der Waals surface area contributed by atoms with Crippen LogP contribution >= 0.6 is 23.2 Å². The lowest BCUT2D eigenvalue weighted by Gasteiger charge is -2.13. The zero-order valence-corrected chi connectivity index (χ0v) is 24.2. The molecule has 1 unspecified atom stereocenters. The second-order valence-corrected chi connectivity index (χ2v) is 11.6. The highest BCUT2D eigenvalue weighted by Crippen LogP contribution is 2.29. The standard InChI is InChI=1S/C27H29Cl2N3O6S/c1-15-12-18(13-16(2)24(15)29)38-11-5-6-20-19-8-7-17(28)14-21(19)30-25(20)26(33)31-39(35,36)23-10-9-22(32(23)3)27(34)37-4/h7-10,12-14,27,30,34H,5-6,11H2,1-4H3,(H,31,33). The highest BCUT2D eigenvalue weighted by atomic mass is 35.5. The SMILES string of the molecule is COC(O)c1ccc(S(=O)(=O)NC(=O)c2[nH]c3cc(Cl)ccc3c2CCCOc2cc(C)c(Cl)c(C)c2)n1C. The average molecular weight is 595 g/mol. The maximum atomic E-state index is 13.3. The van der Waals surface area contributed by atoms with Gasteiger partial charge in [-0.25, -0.2) is 4.72 Å². The van der Waals surface area contributed by atoms with E-state index < -0.39 is 22.2 Å². The quantitative estimate of drug-likeness (QED) is 0.172. The molecule has 2 aromatic heterocycles. The van der Waals surface area contributed by atoms with Crippen molar-refractivity contribution in [2.24, 2.45) is 7.05 Å². The first-order valence-corrected chi connectivity index (χ1v) is 14.3. The van der Waals surface area contributed by atoms with Crippen LogP contribution in [0.5, 0.6) is 5.75 Å². The van der Waals surface area contributed by atoms with Crippen LogP contribution in [-0.2, 0) is 28.2 Å². The van der Waals surface area contributed by atoms with Crippen molar-refractivity contribution in [3.63, 3.8) is 0 Å². The first kappa shape index (κ1) is 29.0. The van der Waals surface area contributed by atoms with Crippen LogP contribution < -0.4 is 9.46 Å². The number of carbonyl (C=O) groups excluding carboxylic acids is 1. The Balaban J connectivity index is 1.56. The van der Waals surface area contributed by atoms with Gasteiger partial charge in [0.15, 0.2) is 11.3 Å². The number of sulfonamides is 1. The maximum absolute atomic E-state index is 13.3. The molecule has 208 valence electrons. The van der Waals surface area contributed by atoms with Crippen LogP contribution in [0.3, 0.4) is 0 Å². The lowest BCUT2D eigenvalue weighted by Crippen LogP contribution is -2.32. The number of hydrogen-bond donors (Lipinski definition) is 3. The first-order valence-electron chi connectivity index (χ1n) is 12.1. The van der Waals surface area contributed by atoms with E-state index in [1.165, 1.54) is 30.9 Å². The third kappa shape index (κ3) is 6.10. The van der Waals surface area contributed by atoms with Gasteiger partial charge in [-0.15, -0.1) is 0 Å². The number of nitrogens with one attached hydrogen (secondary N) is 2. The summed E-state index contributed by atoms with van der Waals surface area (Å²) in [6, 6.07) is 11.6. The van der Waals surface area contributed by atoms with Crippen molar-refractivity contribution in [2.75, 3.05) is 13.7 Å². The number of carbonyl (C=O) groups is 1. The predicted octanol–water partition coefficient (Wildman–Crippen LogP) is 5.20. The number of methoxy groups -OCH3 is 1. The summed E-state index contributed by atoms with van der Waals surface area (Å²) in [5.41, 5.74) is 3.42. The van der Waals surface area contributed by atoms with E-state index in [-0.39, 0.29) is 16.4 Å². The molecular formula is C27H29Cl2N3O6S. The molecule has 2 aromatic carbocycles. The van der Waals surface area contributed by atoms with Crippen molar-refractivity contribution in [1.82, 2.24) is 14.3 Å². The van der Waals surface area contributed by atoms with Gasteiger partial charge in [-0.2, -0.15) is 8.42 Å². The van der Waals surface area contributed by atoms with Crippen molar-refractivity contribution in [3.8, 4) is 5.75 Å². The molecule has 39 heavy (non-hydrogen) atoms. The molecule has 4 rings (SSSR count). The molecule has 2 heterocycles. The Morgan fingerprint density at radius 1 is 1.13 bits per heavy atom. The molecule has 9 nitrogen and oxygen atoms in total. The van der Waals surface area contributed by atoms with Crippen molar-refractivity contribution >= 4 is 50.0 Å². The number of rotatable bonds is 10. The van der Waals surface area contributed by atoms with Crippen molar-refractivity contribution in [3.05, 3.63) is 80.6 Å². The number of nitrogens with zero attached hydrogens (tertiary/aromatic N) is 1. The Labute approximate surface area is 236 Å². The molecule has 0 aliphatic heterocycles. The van der Waals surface area contributed by atoms with Crippen LogP contribution in [0.15, 0.2) is 47.5 Å². The smallest absolute Gasteiger partial charge is 0.281 e. The lowest BCUT2D eigenvalue weighted by atomic mass is 10.1. The summed E-state index contributed by atoms with van der Waals surface area (Å²) >= 11 is 12.4. The van der Waals surface area contributed by atoms with E-state index in [2.05, 4.69) is 9.71 Å². The van der Waals surface area contributed by atoms with Crippen molar-refractivity contribution in [1.29, 1.82) is 0 Å². The molecule has 0 bridgehead atoms. The predicted molar refractivity (Wildman–Crippen MR) is 150 cm³/mol. The number of aromatic amines is 1. The van der Waals surface area contributed by atoms with E-state index >= 15 is 0 Å². The van der Waals surface area contributed by atoms with Gasteiger partial charge in [-0.1, -0.05) is 29.3 Å². The van der Waals surface area contributed by atoms with Gasteiger partial charge >= 0.3 is 0 Å². The molecule has 0 radical (unpaired) electrons. The van der Waals surface area contributed by atoms with Gasteiger partial charge in [0.05, 0.1) is 12.3 Å². The molecule has 4 aromatic rings. The van der Waals surface area contributed by atoms with Gasteiger partial charge < -0.3 is 24.1 Å². The number of ether oxygens (including phenoxy) is 2. The Bertz CT molecular complexity index is 1620. The van der Waals surface area contributed by atoms with Gasteiger partial charge in [-0.05, 0) is 79.8 Å². The number of aliphatic hydroxyl groups excluding tert-OH is 1. The number of benzene rings is 2. The largest absolute Gasteiger partial charge is 0.494 e. The second kappa shape index (κ2) is 11.6. The first-order chi connectivity index (χ1) is 18.4. The van der Waals surface area contributed by atoms with E-state index in [4.69, 9.17) is 32.7 Å². The third-order valence-electron chi connectivity index (χ3n) is 6.44. The summed E-state index contributed by atoms with van der Waals surface area (Å²) in [5.74, 6) is -0.123. The van der Waals surface area contributed by atoms with Crippen LogP contribution in [0.4, 0.5) is 0 Å². The van der Waals surface area contributed by atoms with Crippen LogP contribution in [0, 0.1) is 13.8 Å². The van der Waals surface area contributed by atoms with Crippen LogP contribution in [0.1, 0.15) is 45.6 Å². The molecule has 0 saturated heterocycles.